The van der Waals surface area contributed by atoms with E-state index in [9.17, 15) is 0 Å². The minimum atomic E-state index is -2.30. The normalized spacial score (nSPS) is 14.6. The Balaban J connectivity index is 4.45. The number of rotatable bonds is 6. The van der Waals surface area contributed by atoms with Crippen LogP contribution in [-0.2, 0) is 12.3 Å². The molecule has 0 aromatic carbocycles. The molecule has 3 nitrogen and oxygen atoms in total. The fraction of sp³-hybridized carbons (Fsp3) is 1.00. The van der Waals surface area contributed by atoms with Gasteiger partial charge in [-0.2, -0.15) is 0 Å². The van der Waals surface area contributed by atoms with Gasteiger partial charge >= 0.3 is 24.8 Å². The smallest absolute Gasteiger partial charge is 0.364 e. The van der Waals surface area contributed by atoms with Crippen LogP contribution < -0.4 is 0 Å². The van der Waals surface area contributed by atoms with Crippen molar-refractivity contribution in [1.82, 2.24) is 0 Å². The lowest BCUT2D eigenvalue weighted by Crippen LogP contribution is -2.52. The van der Waals surface area contributed by atoms with Gasteiger partial charge in [-0.15, -0.1) is 33.2 Å². The fourth-order valence-corrected chi connectivity index (χ4v) is 19.3. The van der Waals surface area contributed by atoms with Gasteiger partial charge in [0.05, 0.1) is 0 Å². The molecule has 0 unspecified atom stereocenters. The van der Waals surface area contributed by atoms with Gasteiger partial charge in [-0.05, 0) is 39.3 Å². The molecule has 0 saturated heterocycles. The van der Waals surface area contributed by atoms with Crippen molar-refractivity contribution in [2.45, 2.75) is 39.3 Å². The van der Waals surface area contributed by atoms with Crippen LogP contribution in [0.5, 0.6) is 0 Å². The van der Waals surface area contributed by atoms with Crippen molar-refractivity contribution in [2.75, 3.05) is 0 Å². The molecule has 0 atom stereocenters. The average molecular weight is 358 g/mol. The van der Waals surface area contributed by atoms with E-state index in [0.29, 0.717) is 0 Å². The highest BCUT2D eigenvalue weighted by molar-refractivity contribution is 7.32. The van der Waals surface area contributed by atoms with Crippen molar-refractivity contribution in [3.05, 3.63) is 0 Å². The third-order valence-corrected chi connectivity index (χ3v) is 14.5. The molecule has 0 heterocycles. The molecule has 0 aliphatic heterocycles. The van der Waals surface area contributed by atoms with E-state index in [0.717, 1.165) is 0 Å². The molecule has 0 aromatic rings. The molecule has 10 heteroatoms. The van der Waals surface area contributed by atoms with E-state index in [1.54, 1.807) is 0 Å². The van der Waals surface area contributed by atoms with Crippen LogP contribution in [0.1, 0.15) is 0 Å². The van der Waals surface area contributed by atoms with Crippen molar-refractivity contribution in [3.8, 4) is 0 Å². The summed E-state index contributed by atoms with van der Waals surface area (Å²) in [4.78, 5) is 0. The Kier molecular flexibility index (Phi) is 6.80. The Morgan fingerprint density at radius 2 is 1.25 bits per heavy atom. The van der Waals surface area contributed by atoms with Crippen LogP contribution in [0.15, 0.2) is 0 Å². The van der Waals surface area contributed by atoms with Gasteiger partial charge < -0.3 is 12.3 Å². The molecule has 0 spiro atoms. The Morgan fingerprint density at radius 3 is 1.56 bits per heavy atom. The van der Waals surface area contributed by atoms with Crippen molar-refractivity contribution in [3.63, 3.8) is 0 Å². The number of hydrogen-bond acceptors (Lipinski definition) is 3. The number of hydrogen-bond donors (Lipinski definition) is 0. The Bertz CT molecular complexity index is 232. The van der Waals surface area contributed by atoms with Crippen LogP contribution in [0, 0.1) is 0 Å². The molecule has 16 heavy (non-hydrogen) atoms. The maximum absolute atomic E-state index is 6.15. The van der Waals surface area contributed by atoms with Crippen molar-refractivity contribution in [1.29, 1.82) is 0 Å². The lowest BCUT2D eigenvalue weighted by atomic mass is 11.9. The zero-order chi connectivity index (χ0) is 13.2. The molecule has 0 N–H and O–H groups in total. The second-order valence-electron chi connectivity index (χ2n) is 4.75. The first-order valence-electron chi connectivity index (χ1n) is 4.88. The predicted molar refractivity (Wildman–Crippen MR) is 80.4 cm³/mol. The summed E-state index contributed by atoms with van der Waals surface area (Å²) in [5.74, 6) is 0. The van der Waals surface area contributed by atoms with Gasteiger partial charge in [0.1, 0.15) is 0 Å². The summed E-state index contributed by atoms with van der Waals surface area (Å²) >= 11 is 17.6. The number of halogens is 3. The topological polar surface area (TPSA) is 27.7 Å². The molecule has 0 aliphatic carbocycles. The molecule has 98 valence electrons. The standard InChI is InChI=1S/C6H19Cl3O3Si4/c1-14(2,9)11-16(5,6)12-15(3,4)10-13(7)8/h13H,1-6H3. The van der Waals surface area contributed by atoms with E-state index >= 15 is 0 Å². The van der Waals surface area contributed by atoms with E-state index in [-0.39, 0.29) is 0 Å². The third kappa shape index (κ3) is 9.63. The van der Waals surface area contributed by atoms with Crippen molar-refractivity contribution >= 4 is 65.6 Å². The van der Waals surface area contributed by atoms with E-state index in [4.69, 9.17) is 45.6 Å². The quantitative estimate of drug-likeness (QED) is 0.537. The summed E-state index contributed by atoms with van der Waals surface area (Å²) < 4.78 is 17.3. The second kappa shape index (κ2) is 6.18. The molecule has 0 fully saturated rings. The SMILES string of the molecule is C[Si](C)(Cl)O[Si](C)(C)O[Si](C)(C)O[SiH](Cl)Cl. The van der Waals surface area contributed by atoms with Gasteiger partial charge in [-0.1, -0.05) is 0 Å². The van der Waals surface area contributed by atoms with Gasteiger partial charge in [0.25, 0.3) is 7.63 Å². The second-order valence-corrected chi connectivity index (χ2v) is 21.9. The van der Waals surface area contributed by atoms with E-state index < -0.39 is 32.4 Å². The van der Waals surface area contributed by atoms with Crippen LogP contribution in [0.3, 0.4) is 0 Å². The first-order valence-corrected chi connectivity index (χ1v) is 18.4. The molecule has 0 aromatic heterocycles. The molecule has 0 rings (SSSR count). The lowest BCUT2D eigenvalue weighted by Gasteiger charge is -2.36. The zero-order valence-corrected chi connectivity index (χ0v) is 16.9. The molecule has 0 radical (unpaired) electrons. The van der Waals surface area contributed by atoms with E-state index in [2.05, 4.69) is 0 Å². The summed E-state index contributed by atoms with van der Waals surface area (Å²) in [7, 11) is -8.80. The zero-order valence-electron chi connectivity index (χ0n) is 10.4. The average Bonchev–Trinajstić information content (AvgIpc) is 1.69. The third-order valence-electron chi connectivity index (χ3n) is 1.35. The van der Waals surface area contributed by atoms with Crippen LogP contribution >= 0.6 is 33.2 Å². The van der Waals surface area contributed by atoms with E-state index in [1.807, 2.05) is 39.3 Å². The first kappa shape index (κ1) is 17.6. The summed E-state index contributed by atoms with van der Waals surface area (Å²) in [6.45, 7) is 11.6. The highest BCUT2D eigenvalue weighted by atomic mass is 35.7. The van der Waals surface area contributed by atoms with Crippen LogP contribution in [-0.4, -0.2) is 32.4 Å². The van der Waals surface area contributed by atoms with Gasteiger partial charge in [-0.3, -0.25) is 0 Å². The molecule has 0 bridgehead atoms. The Hall–Kier alpha value is 1.62. The molecular weight excluding hydrogens is 339 g/mol. The Morgan fingerprint density at radius 1 is 0.812 bits per heavy atom. The van der Waals surface area contributed by atoms with Crippen LogP contribution in [0.2, 0.25) is 39.3 Å². The molecule has 0 amide bonds. The van der Waals surface area contributed by atoms with Gasteiger partial charge in [0, 0.05) is 0 Å². The molecular formula is C6H19Cl3O3Si4. The van der Waals surface area contributed by atoms with Gasteiger partial charge in [-0.25, -0.2) is 0 Å². The molecule has 0 aliphatic rings. The minimum Gasteiger partial charge on any atom is -0.425 e. The monoisotopic (exact) mass is 356 g/mol. The van der Waals surface area contributed by atoms with Crippen LogP contribution in [0.4, 0.5) is 0 Å². The summed E-state index contributed by atoms with van der Waals surface area (Å²) in [6, 6.07) is 0. The maximum atomic E-state index is 6.15. The summed E-state index contributed by atoms with van der Waals surface area (Å²) in [5, 5.41) is 0. The minimum absolute atomic E-state index is 1.92. The van der Waals surface area contributed by atoms with Crippen molar-refractivity contribution < 1.29 is 12.3 Å². The largest absolute Gasteiger partial charge is 0.425 e. The maximum Gasteiger partial charge on any atom is 0.364 e. The first-order chi connectivity index (χ1) is 6.83. The van der Waals surface area contributed by atoms with Gasteiger partial charge in [0.15, 0.2) is 0 Å². The van der Waals surface area contributed by atoms with Crippen LogP contribution in [0.25, 0.3) is 0 Å². The highest BCUT2D eigenvalue weighted by Gasteiger charge is 2.41. The van der Waals surface area contributed by atoms with E-state index in [1.165, 1.54) is 0 Å². The summed E-state index contributed by atoms with van der Waals surface area (Å²) in [5.41, 5.74) is 0. The predicted octanol–water partition coefficient (Wildman–Crippen LogP) is 3.58. The van der Waals surface area contributed by atoms with Gasteiger partial charge in [0.2, 0.25) is 0 Å². The lowest BCUT2D eigenvalue weighted by molar-refractivity contribution is 0.342. The highest BCUT2D eigenvalue weighted by Crippen LogP contribution is 2.23. The van der Waals surface area contributed by atoms with Crippen molar-refractivity contribution in [2.24, 2.45) is 0 Å². The fourth-order valence-electron chi connectivity index (χ4n) is 1.44. The molecule has 0 saturated carbocycles. The Labute approximate surface area is 117 Å². The summed E-state index contributed by atoms with van der Waals surface area (Å²) in [6.07, 6.45) is 0.